The number of halogens is 3. The van der Waals surface area contributed by atoms with Gasteiger partial charge in [-0.05, 0) is 63.2 Å². The van der Waals surface area contributed by atoms with Gasteiger partial charge in [-0.25, -0.2) is 9.71 Å². The number of ether oxygens (including phenoxy) is 1. The number of aromatic nitrogens is 1. The lowest BCUT2D eigenvalue weighted by Gasteiger charge is -2.32. The number of piperidine rings is 1. The van der Waals surface area contributed by atoms with Gasteiger partial charge in [0.2, 0.25) is 5.88 Å². The Kier molecular flexibility index (Phi) is 8.24. The Bertz CT molecular complexity index is 822. The van der Waals surface area contributed by atoms with Crippen LogP contribution in [0.15, 0.2) is 42.5 Å². The van der Waals surface area contributed by atoms with E-state index in [1.54, 1.807) is 30.5 Å². The van der Waals surface area contributed by atoms with Crippen molar-refractivity contribution in [3.05, 3.63) is 59.3 Å². The maximum Gasteiger partial charge on any atom is 0.408 e. The summed E-state index contributed by atoms with van der Waals surface area (Å²) >= 11 is 0.975. The van der Waals surface area contributed by atoms with Crippen molar-refractivity contribution in [3.8, 4) is 5.88 Å². The Morgan fingerprint density at radius 2 is 1.81 bits per heavy atom. The number of hydrogen-bond acceptors (Lipinski definition) is 5. The van der Waals surface area contributed by atoms with Crippen LogP contribution >= 0.6 is 11.9 Å². The van der Waals surface area contributed by atoms with Crippen LogP contribution in [-0.2, 0) is 6.54 Å². The second-order valence-corrected chi connectivity index (χ2v) is 8.80. The number of pyridine rings is 1. The van der Waals surface area contributed by atoms with E-state index in [1.165, 1.54) is 0 Å². The second-order valence-electron chi connectivity index (χ2n) is 8.16. The lowest BCUT2D eigenvalue weighted by Crippen LogP contribution is -2.33. The van der Waals surface area contributed by atoms with Gasteiger partial charge in [0.15, 0.2) is 0 Å². The maximum atomic E-state index is 13.2. The van der Waals surface area contributed by atoms with Crippen molar-refractivity contribution < 1.29 is 17.9 Å². The van der Waals surface area contributed by atoms with Crippen LogP contribution in [0.4, 0.5) is 13.2 Å². The van der Waals surface area contributed by atoms with E-state index in [-0.39, 0.29) is 11.7 Å². The zero-order valence-electron chi connectivity index (χ0n) is 18.2. The number of rotatable bonds is 8. The number of benzene rings is 1. The predicted octanol–water partition coefficient (Wildman–Crippen LogP) is 5.72. The minimum Gasteiger partial charge on any atom is -0.475 e. The molecule has 0 amide bonds. The van der Waals surface area contributed by atoms with Crippen molar-refractivity contribution in [2.24, 2.45) is 0 Å². The molecule has 3 rings (SSSR count). The summed E-state index contributed by atoms with van der Waals surface area (Å²) in [5.41, 5.74) is 2.33. The van der Waals surface area contributed by atoms with Crippen LogP contribution in [0.5, 0.6) is 5.88 Å². The van der Waals surface area contributed by atoms with E-state index < -0.39 is 12.2 Å². The normalized spacial score (nSPS) is 17.1. The van der Waals surface area contributed by atoms with E-state index in [9.17, 15) is 13.2 Å². The van der Waals surface area contributed by atoms with E-state index in [0.29, 0.717) is 11.8 Å². The molecule has 1 aliphatic heterocycles. The van der Waals surface area contributed by atoms with Crippen molar-refractivity contribution in [3.63, 3.8) is 0 Å². The Labute approximate surface area is 186 Å². The molecule has 0 aliphatic carbocycles. The molecule has 2 aromatic rings. The molecule has 1 aliphatic rings. The fourth-order valence-corrected chi connectivity index (χ4v) is 4.37. The standard InChI is InChI=1S/C23H30F3N3OS/c1-16(2)30-21-6-4-5-20(27-21)18-11-13-29(14-12-18)15-17-7-9-19(10-8-17)22(28-31-3)23(24,25)26/h4-10,16,18,22,28H,11-15H2,1-3H3/t22-/m0/s1. The van der Waals surface area contributed by atoms with Crippen molar-refractivity contribution >= 4 is 11.9 Å². The van der Waals surface area contributed by atoms with Crippen LogP contribution in [0, 0.1) is 0 Å². The van der Waals surface area contributed by atoms with Gasteiger partial charge in [0.1, 0.15) is 6.04 Å². The average molecular weight is 454 g/mol. The molecule has 1 aromatic carbocycles. The Morgan fingerprint density at radius 3 is 2.39 bits per heavy atom. The summed E-state index contributed by atoms with van der Waals surface area (Å²) in [5.74, 6) is 1.07. The van der Waals surface area contributed by atoms with E-state index in [1.807, 2.05) is 26.0 Å². The summed E-state index contributed by atoms with van der Waals surface area (Å²) in [6.45, 7) is 6.58. The molecule has 0 spiro atoms. The van der Waals surface area contributed by atoms with Gasteiger partial charge in [0, 0.05) is 24.2 Å². The third-order valence-electron chi connectivity index (χ3n) is 5.39. The molecular formula is C23H30F3N3OS. The van der Waals surface area contributed by atoms with Crippen LogP contribution in [0.3, 0.4) is 0 Å². The van der Waals surface area contributed by atoms with Crippen LogP contribution in [-0.4, -0.2) is 41.5 Å². The minimum absolute atomic E-state index is 0.0962. The van der Waals surface area contributed by atoms with E-state index >= 15 is 0 Å². The number of nitrogens with one attached hydrogen (secondary N) is 1. The largest absolute Gasteiger partial charge is 0.475 e. The number of alkyl halides is 3. The summed E-state index contributed by atoms with van der Waals surface area (Å²) in [7, 11) is 0. The van der Waals surface area contributed by atoms with Gasteiger partial charge in [0.05, 0.1) is 6.10 Å². The summed E-state index contributed by atoms with van der Waals surface area (Å²) < 4.78 is 47.8. The number of likely N-dealkylation sites (tertiary alicyclic amines) is 1. The molecule has 0 bridgehead atoms. The highest BCUT2D eigenvalue weighted by Crippen LogP contribution is 2.34. The third kappa shape index (κ3) is 6.85. The summed E-state index contributed by atoms with van der Waals surface area (Å²) in [6, 6.07) is 11.0. The lowest BCUT2D eigenvalue weighted by molar-refractivity contribution is -0.152. The monoisotopic (exact) mass is 453 g/mol. The quantitative estimate of drug-likeness (QED) is 0.518. The van der Waals surface area contributed by atoms with Crippen molar-refractivity contribution in [1.82, 2.24) is 14.6 Å². The highest BCUT2D eigenvalue weighted by atomic mass is 32.2. The molecule has 31 heavy (non-hydrogen) atoms. The van der Waals surface area contributed by atoms with Gasteiger partial charge in [-0.15, -0.1) is 0 Å². The fraction of sp³-hybridized carbons (Fsp3) is 0.522. The molecule has 1 N–H and O–H groups in total. The van der Waals surface area contributed by atoms with Gasteiger partial charge in [-0.1, -0.05) is 42.3 Å². The van der Waals surface area contributed by atoms with Crippen LogP contribution in [0.1, 0.15) is 55.5 Å². The van der Waals surface area contributed by atoms with Gasteiger partial charge in [-0.2, -0.15) is 13.2 Å². The summed E-state index contributed by atoms with van der Waals surface area (Å²) in [5, 5.41) is 0. The smallest absolute Gasteiger partial charge is 0.408 e. The second kappa shape index (κ2) is 10.7. The van der Waals surface area contributed by atoms with Crippen molar-refractivity contribution in [1.29, 1.82) is 0 Å². The molecule has 4 nitrogen and oxygen atoms in total. The maximum absolute atomic E-state index is 13.2. The highest BCUT2D eigenvalue weighted by molar-refractivity contribution is 7.96. The molecule has 0 saturated carbocycles. The minimum atomic E-state index is -4.32. The van der Waals surface area contributed by atoms with Gasteiger partial charge in [0.25, 0.3) is 0 Å². The molecule has 1 saturated heterocycles. The topological polar surface area (TPSA) is 37.4 Å². The zero-order chi connectivity index (χ0) is 22.4. The Morgan fingerprint density at radius 1 is 1.13 bits per heavy atom. The molecule has 170 valence electrons. The molecule has 0 unspecified atom stereocenters. The van der Waals surface area contributed by atoms with Crippen LogP contribution in [0.2, 0.25) is 0 Å². The van der Waals surface area contributed by atoms with Crippen molar-refractivity contribution in [2.45, 2.75) is 57.5 Å². The third-order valence-corrected chi connectivity index (χ3v) is 5.86. The molecule has 1 aromatic heterocycles. The van der Waals surface area contributed by atoms with Gasteiger partial charge < -0.3 is 4.74 Å². The summed E-state index contributed by atoms with van der Waals surface area (Å²) in [4.78, 5) is 7.01. The van der Waals surface area contributed by atoms with E-state index in [2.05, 4.69) is 20.7 Å². The van der Waals surface area contributed by atoms with Crippen molar-refractivity contribution in [2.75, 3.05) is 19.3 Å². The molecule has 1 fully saturated rings. The molecule has 0 radical (unpaired) electrons. The van der Waals surface area contributed by atoms with Gasteiger partial charge in [-0.3, -0.25) is 4.90 Å². The SMILES string of the molecule is CSN[C@@H](c1ccc(CN2CCC(c3cccc(OC(C)C)n3)CC2)cc1)C(F)(F)F. The zero-order valence-corrected chi connectivity index (χ0v) is 19.0. The summed E-state index contributed by atoms with van der Waals surface area (Å²) in [6.07, 6.45) is -0.620. The molecule has 1 atom stereocenters. The van der Waals surface area contributed by atoms with Gasteiger partial charge >= 0.3 is 6.18 Å². The number of hydrogen-bond donors (Lipinski definition) is 1. The average Bonchev–Trinajstić information content (AvgIpc) is 2.72. The first-order valence-corrected chi connectivity index (χ1v) is 11.8. The fourth-order valence-electron chi connectivity index (χ4n) is 3.87. The van der Waals surface area contributed by atoms with Crippen LogP contribution in [0.25, 0.3) is 0 Å². The molecule has 2 heterocycles. The highest BCUT2D eigenvalue weighted by Gasteiger charge is 2.40. The number of nitrogens with zero attached hydrogens (tertiary/aromatic N) is 2. The molecular weight excluding hydrogens is 423 g/mol. The first kappa shape index (κ1) is 23.9. The predicted molar refractivity (Wildman–Crippen MR) is 119 cm³/mol. The first-order valence-electron chi connectivity index (χ1n) is 10.6. The molecule has 8 heteroatoms. The van der Waals surface area contributed by atoms with E-state index in [4.69, 9.17) is 4.74 Å². The van der Waals surface area contributed by atoms with E-state index in [0.717, 1.165) is 55.7 Å². The Hall–Kier alpha value is -1.77. The first-order chi connectivity index (χ1) is 14.8. The Balaban J connectivity index is 1.55. The van der Waals surface area contributed by atoms with Crippen LogP contribution < -0.4 is 9.46 Å². The lowest BCUT2D eigenvalue weighted by atomic mass is 9.92.